The maximum absolute atomic E-state index is 11.6. The first-order valence-electron chi connectivity index (χ1n) is 5.35. The molecule has 0 saturated carbocycles. The number of rotatable bonds is 4. The van der Waals surface area contributed by atoms with Crippen molar-refractivity contribution in [3.05, 3.63) is 24.2 Å². The van der Waals surface area contributed by atoms with E-state index in [0.717, 1.165) is 5.76 Å². The SMILES string of the molecule is CC(C)(N)C(=O)NCC(C)(C)c1ccco1. The third-order valence-electron chi connectivity index (χ3n) is 2.46. The molecule has 1 amide bonds. The average Bonchev–Trinajstić information content (AvgIpc) is 2.65. The number of nitrogens with one attached hydrogen (secondary N) is 1. The summed E-state index contributed by atoms with van der Waals surface area (Å²) in [7, 11) is 0. The molecule has 0 bridgehead atoms. The van der Waals surface area contributed by atoms with Crippen LogP contribution < -0.4 is 11.1 Å². The fraction of sp³-hybridized carbons (Fsp3) is 0.583. The third kappa shape index (κ3) is 3.10. The van der Waals surface area contributed by atoms with Gasteiger partial charge < -0.3 is 15.5 Å². The van der Waals surface area contributed by atoms with E-state index in [1.54, 1.807) is 20.1 Å². The van der Waals surface area contributed by atoms with E-state index < -0.39 is 5.54 Å². The molecular formula is C12H20N2O2. The number of amides is 1. The lowest BCUT2D eigenvalue weighted by atomic mass is 9.90. The number of carbonyl (C=O) groups excluding carboxylic acids is 1. The maximum atomic E-state index is 11.6. The Morgan fingerprint density at radius 3 is 2.50 bits per heavy atom. The van der Waals surface area contributed by atoms with Crippen LogP contribution in [0.4, 0.5) is 0 Å². The van der Waals surface area contributed by atoms with E-state index in [-0.39, 0.29) is 11.3 Å². The first kappa shape index (κ1) is 12.8. The number of furan rings is 1. The van der Waals surface area contributed by atoms with Gasteiger partial charge in [-0.3, -0.25) is 4.79 Å². The Labute approximate surface area is 96.2 Å². The van der Waals surface area contributed by atoms with Crippen molar-refractivity contribution in [3.63, 3.8) is 0 Å². The van der Waals surface area contributed by atoms with Gasteiger partial charge in [-0.15, -0.1) is 0 Å². The van der Waals surface area contributed by atoms with Crippen molar-refractivity contribution in [2.45, 2.75) is 38.6 Å². The first-order valence-corrected chi connectivity index (χ1v) is 5.35. The van der Waals surface area contributed by atoms with Crippen LogP contribution in [0, 0.1) is 0 Å². The molecule has 0 fully saturated rings. The van der Waals surface area contributed by atoms with Gasteiger partial charge in [0.05, 0.1) is 11.8 Å². The van der Waals surface area contributed by atoms with Crippen molar-refractivity contribution in [1.82, 2.24) is 5.32 Å². The lowest BCUT2D eigenvalue weighted by Gasteiger charge is -2.25. The molecule has 0 spiro atoms. The molecule has 0 aromatic carbocycles. The van der Waals surface area contributed by atoms with Crippen molar-refractivity contribution in [2.75, 3.05) is 6.54 Å². The minimum absolute atomic E-state index is 0.160. The van der Waals surface area contributed by atoms with E-state index in [2.05, 4.69) is 5.32 Å². The Morgan fingerprint density at radius 1 is 1.44 bits per heavy atom. The van der Waals surface area contributed by atoms with Gasteiger partial charge in [-0.25, -0.2) is 0 Å². The molecule has 1 rings (SSSR count). The van der Waals surface area contributed by atoms with Gasteiger partial charge >= 0.3 is 0 Å². The molecule has 90 valence electrons. The lowest BCUT2D eigenvalue weighted by Crippen LogP contribution is -2.51. The highest BCUT2D eigenvalue weighted by molar-refractivity contribution is 5.85. The Bertz CT molecular complexity index is 348. The zero-order valence-corrected chi connectivity index (χ0v) is 10.3. The molecular weight excluding hydrogens is 204 g/mol. The van der Waals surface area contributed by atoms with Crippen molar-refractivity contribution in [3.8, 4) is 0 Å². The largest absolute Gasteiger partial charge is 0.469 e. The Kier molecular flexibility index (Phi) is 3.43. The van der Waals surface area contributed by atoms with Crippen molar-refractivity contribution < 1.29 is 9.21 Å². The fourth-order valence-electron chi connectivity index (χ4n) is 1.28. The molecule has 0 aliphatic heterocycles. The van der Waals surface area contributed by atoms with Crippen molar-refractivity contribution >= 4 is 5.91 Å². The topological polar surface area (TPSA) is 68.3 Å². The van der Waals surface area contributed by atoms with E-state index in [9.17, 15) is 4.79 Å². The summed E-state index contributed by atoms with van der Waals surface area (Å²) in [6.45, 7) is 7.88. The normalized spacial score (nSPS) is 12.6. The van der Waals surface area contributed by atoms with Gasteiger partial charge in [0.25, 0.3) is 0 Å². The van der Waals surface area contributed by atoms with Crippen LogP contribution in [-0.2, 0) is 10.2 Å². The molecule has 0 unspecified atom stereocenters. The van der Waals surface area contributed by atoms with Crippen LogP contribution >= 0.6 is 0 Å². The molecule has 1 aromatic rings. The summed E-state index contributed by atoms with van der Waals surface area (Å²) in [5.74, 6) is 0.690. The van der Waals surface area contributed by atoms with E-state index in [4.69, 9.17) is 10.2 Å². The summed E-state index contributed by atoms with van der Waals surface area (Å²) in [5.41, 5.74) is 4.61. The average molecular weight is 224 g/mol. The molecule has 0 aliphatic carbocycles. The Morgan fingerprint density at radius 2 is 2.06 bits per heavy atom. The molecule has 3 N–H and O–H groups in total. The van der Waals surface area contributed by atoms with Gasteiger partial charge in [0.1, 0.15) is 5.76 Å². The van der Waals surface area contributed by atoms with Crippen LogP contribution in [0.5, 0.6) is 0 Å². The summed E-state index contributed by atoms with van der Waals surface area (Å²) in [6.07, 6.45) is 1.63. The molecule has 0 atom stereocenters. The lowest BCUT2D eigenvalue weighted by molar-refractivity contribution is -0.125. The highest BCUT2D eigenvalue weighted by atomic mass is 16.3. The van der Waals surface area contributed by atoms with E-state index >= 15 is 0 Å². The minimum atomic E-state index is -0.848. The van der Waals surface area contributed by atoms with Gasteiger partial charge in [0.15, 0.2) is 0 Å². The van der Waals surface area contributed by atoms with Gasteiger partial charge in [0, 0.05) is 12.0 Å². The number of hydrogen-bond donors (Lipinski definition) is 2. The van der Waals surface area contributed by atoms with Gasteiger partial charge in [-0.2, -0.15) is 0 Å². The van der Waals surface area contributed by atoms with Gasteiger partial charge in [0.2, 0.25) is 5.91 Å². The molecule has 0 aliphatic rings. The number of nitrogens with two attached hydrogens (primary N) is 1. The molecule has 4 heteroatoms. The molecule has 1 aromatic heterocycles. The second-order valence-corrected chi connectivity index (χ2v) is 5.27. The predicted molar refractivity (Wildman–Crippen MR) is 63.0 cm³/mol. The predicted octanol–water partition coefficient (Wildman–Crippen LogP) is 1.41. The van der Waals surface area contributed by atoms with Crippen LogP contribution in [-0.4, -0.2) is 18.0 Å². The van der Waals surface area contributed by atoms with E-state index in [1.165, 1.54) is 0 Å². The van der Waals surface area contributed by atoms with Crippen molar-refractivity contribution in [2.24, 2.45) is 5.73 Å². The summed E-state index contributed by atoms with van der Waals surface area (Å²) >= 11 is 0. The summed E-state index contributed by atoms with van der Waals surface area (Å²) in [5, 5.41) is 2.83. The Balaban J connectivity index is 2.59. The highest BCUT2D eigenvalue weighted by Crippen LogP contribution is 2.22. The zero-order chi connectivity index (χ0) is 12.4. The molecule has 1 heterocycles. The second-order valence-electron chi connectivity index (χ2n) is 5.27. The summed E-state index contributed by atoms with van der Waals surface area (Å²) < 4.78 is 5.33. The van der Waals surface area contributed by atoms with Crippen LogP contribution in [0.25, 0.3) is 0 Å². The van der Waals surface area contributed by atoms with E-state index in [0.29, 0.717) is 6.54 Å². The Hall–Kier alpha value is -1.29. The molecule has 4 nitrogen and oxygen atoms in total. The van der Waals surface area contributed by atoms with Crippen LogP contribution in [0.3, 0.4) is 0 Å². The smallest absolute Gasteiger partial charge is 0.239 e. The quantitative estimate of drug-likeness (QED) is 0.812. The minimum Gasteiger partial charge on any atom is -0.469 e. The van der Waals surface area contributed by atoms with E-state index in [1.807, 2.05) is 26.0 Å². The number of hydrogen-bond acceptors (Lipinski definition) is 3. The molecule has 16 heavy (non-hydrogen) atoms. The fourth-order valence-corrected chi connectivity index (χ4v) is 1.28. The van der Waals surface area contributed by atoms with Gasteiger partial charge in [-0.05, 0) is 26.0 Å². The standard InChI is InChI=1S/C12H20N2O2/c1-11(2,9-6-5-7-16-9)8-14-10(15)12(3,4)13/h5-7H,8,13H2,1-4H3,(H,14,15). The maximum Gasteiger partial charge on any atom is 0.239 e. The van der Waals surface area contributed by atoms with Crippen LogP contribution in [0.2, 0.25) is 0 Å². The summed E-state index contributed by atoms with van der Waals surface area (Å²) in [6, 6.07) is 3.74. The van der Waals surface area contributed by atoms with Crippen molar-refractivity contribution in [1.29, 1.82) is 0 Å². The number of carbonyl (C=O) groups is 1. The summed E-state index contributed by atoms with van der Waals surface area (Å²) in [4.78, 5) is 11.6. The highest BCUT2D eigenvalue weighted by Gasteiger charge is 2.27. The monoisotopic (exact) mass is 224 g/mol. The van der Waals surface area contributed by atoms with Gasteiger partial charge in [-0.1, -0.05) is 13.8 Å². The first-order chi connectivity index (χ1) is 7.23. The van der Waals surface area contributed by atoms with Crippen LogP contribution in [0.1, 0.15) is 33.5 Å². The van der Waals surface area contributed by atoms with Crippen LogP contribution in [0.15, 0.2) is 22.8 Å². The molecule has 0 radical (unpaired) electrons. The second kappa shape index (κ2) is 4.29. The molecule has 0 saturated heterocycles. The third-order valence-corrected chi connectivity index (χ3v) is 2.46. The zero-order valence-electron chi connectivity index (χ0n) is 10.3.